The van der Waals surface area contributed by atoms with Crippen LogP contribution in [0.25, 0.3) is 0 Å². The van der Waals surface area contributed by atoms with Crippen molar-refractivity contribution in [3.05, 3.63) is 53.6 Å². The van der Waals surface area contributed by atoms with Gasteiger partial charge in [-0.25, -0.2) is 9.78 Å². The molecule has 30 heavy (non-hydrogen) atoms. The fourth-order valence-electron chi connectivity index (χ4n) is 4.04. The van der Waals surface area contributed by atoms with Gasteiger partial charge in [-0.1, -0.05) is 18.2 Å². The van der Waals surface area contributed by atoms with E-state index in [2.05, 4.69) is 9.97 Å². The number of nitrogens with zero attached hydrogens (tertiary/aromatic N) is 2. The van der Waals surface area contributed by atoms with Crippen LogP contribution >= 0.6 is 0 Å². The Morgan fingerprint density at radius 2 is 2.17 bits per heavy atom. The molecule has 10 nitrogen and oxygen atoms in total. The molecule has 154 valence electrons. The zero-order chi connectivity index (χ0) is 21.0. The number of H-pyrrole nitrogens is 1. The van der Waals surface area contributed by atoms with Crippen LogP contribution in [0.4, 0.5) is 0 Å². The van der Waals surface area contributed by atoms with Crippen LogP contribution in [0.3, 0.4) is 0 Å². The molecule has 1 amide bonds. The Bertz CT molecular complexity index is 1040. The van der Waals surface area contributed by atoms with E-state index in [1.54, 1.807) is 18.3 Å². The van der Waals surface area contributed by atoms with Gasteiger partial charge in [0.25, 0.3) is 0 Å². The second kappa shape index (κ2) is 6.89. The minimum atomic E-state index is -1.20. The van der Waals surface area contributed by atoms with E-state index >= 15 is 0 Å². The molecule has 3 heterocycles. The van der Waals surface area contributed by atoms with Crippen molar-refractivity contribution >= 4 is 19.0 Å². The van der Waals surface area contributed by atoms with E-state index in [9.17, 15) is 19.7 Å². The normalized spacial score (nSPS) is 22.9. The highest BCUT2D eigenvalue weighted by Crippen LogP contribution is 2.51. The molecule has 2 aliphatic heterocycles. The summed E-state index contributed by atoms with van der Waals surface area (Å²) in [4.78, 5) is 32.7. The number of ether oxygens (including phenoxy) is 1. The second-order valence-electron chi connectivity index (χ2n) is 7.61. The highest BCUT2D eigenvalue weighted by Gasteiger charge is 2.46. The average Bonchev–Trinajstić information content (AvgIpc) is 3.17. The fourth-order valence-corrected chi connectivity index (χ4v) is 4.04. The summed E-state index contributed by atoms with van der Waals surface area (Å²) in [5, 5.41) is 19.9. The predicted octanol–water partition coefficient (Wildman–Crippen LogP) is 0.294. The first-order valence-electron chi connectivity index (χ1n) is 9.57. The number of rotatable bonds is 5. The molecule has 1 aromatic carbocycles. The standard InChI is InChI=1S/C19H19BN4O6/c21-16(13-5-22-8-23-13)18(25)24-6-9(7-24)29-14-4-2-11-10-1-3-12(10)20(28)30-17(11)15(14)19(26)27/h1-5,8-10,12,16,28H,6-7,21H2,(H,22,23)(H,26,27)/t10-,12-,16+/m1/s1. The number of carbonyl (C=O) groups excluding carboxylic acids is 1. The highest BCUT2D eigenvalue weighted by atomic mass is 16.5. The SMILES string of the molecule is N[C@H](C(=O)N1CC(Oc2ccc3c(c2C(=O)O)OB(O)[C@@H]2C=C[C@H]32)C1)c1c[nH]cn1. The molecule has 0 unspecified atom stereocenters. The minimum absolute atomic E-state index is 0.0729. The second-order valence-corrected chi connectivity index (χ2v) is 7.61. The highest BCUT2D eigenvalue weighted by molar-refractivity contribution is 6.48. The number of benzene rings is 1. The summed E-state index contributed by atoms with van der Waals surface area (Å²) in [7, 11) is -1.10. The number of allylic oxidation sites excluding steroid dienone is 2. The number of aromatic amines is 1. The van der Waals surface area contributed by atoms with Crippen LogP contribution in [-0.2, 0) is 4.79 Å². The van der Waals surface area contributed by atoms with Crippen LogP contribution in [0.2, 0.25) is 5.82 Å². The number of aromatic nitrogens is 2. The first kappa shape index (κ1) is 18.7. The molecule has 1 aliphatic carbocycles. The third kappa shape index (κ3) is 2.85. The Morgan fingerprint density at radius 3 is 2.80 bits per heavy atom. The fraction of sp³-hybridized carbons (Fsp3) is 0.316. The monoisotopic (exact) mass is 410 g/mol. The number of aromatic carboxylic acids is 1. The lowest BCUT2D eigenvalue weighted by Gasteiger charge is -2.41. The number of carboxylic acid groups (broad SMARTS) is 1. The third-order valence-corrected chi connectivity index (χ3v) is 5.80. The molecule has 5 rings (SSSR count). The van der Waals surface area contributed by atoms with E-state index in [-0.39, 0.29) is 53.9 Å². The maximum absolute atomic E-state index is 12.4. The molecule has 5 N–H and O–H groups in total. The number of nitrogens with one attached hydrogen (secondary N) is 1. The number of hydrogen-bond donors (Lipinski definition) is 4. The van der Waals surface area contributed by atoms with Crippen LogP contribution < -0.4 is 15.1 Å². The number of carboxylic acids is 1. The van der Waals surface area contributed by atoms with Gasteiger partial charge in [-0.05, 0) is 6.07 Å². The van der Waals surface area contributed by atoms with Gasteiger partial charge < -0.3 is 35.1 Å². The molecule has 1 fully saturated rings. The predicted molar refractivity (Wildman–Crippen MR) is 104 cm³/mol. The molecule has 0 radical (unpaired) electrons. The Hall–Kier alpha value is -3.31. The van der Waals surface area contributed by atoms with E-state index in [0.717, 1.165) is 0 Å². The molecule has 11 heteroatoms. The molecule has 0 spiro atoms. The zero-order valence-corrected chi connectivity index (χ0v) is 15.8. The van der Waals surface area contributed by atoms with Crippen molar-refractivity contribution in [2.45, 2.75) is 23.9 Å². The molecular formula is C19H19BN4O6. The molecule has 0 bridgehead atoms. The van der Waals surface area contributed by atoms with Gasteiger partial charge in [0.05, 0.1) is 25.1 Å². The van der Waals surface area contributed by atoms with Crippen molar-refractivity contribution in [2.75, 3.05) is 13.1 Å². The number of imidazole rings is 1. The third-order valence-electron chi connectivity index (χ3n) is 5.80. The lowest BCUT2D eigenvalue weighted by molar-refractivity contribution is -0.141. The smallest absolute Gasteiger partial charge is 0.530 e. The molecule has 3 atom stereocenters. The number of nitrogens with two attached hydrogens (primary N) is 1. The topological polar surface area (TPSA) is 151 Å². The summed E-state index contributed by atoms with van der Waals surface area (Å²) in [6, 6.07) is 2.50. The van der Waals surface area contributed by atoms with Gasteiger partial charge in [0, 0.05) is 23.5 Å². The van der Waals surface area contributed by atoms with Crippen LogP contribution in [0.1, 0.15) is 33.6 Å². The van der Waals surface area contributed by atoms with Crippen molar-refractivity contribution in [2.24, 2.45) is 5.73 Å². The Labute approximate surface area is 171 Å². The molecule has 1 aromatic heterocycles. The van der Waals surface area contributed by atoms with Crippen LogP contribution in [-0.4, -0.2) is 63.2 Å². The van der Waals surface area contributed by atoms with Gasteiger partial charge in [0.1, 0.15) is 29.2 Å². The number of carbonyl (C=O) groups is 2. The van der Waals surface area contributed by atoms with Gasteiger partial charge in [0.15, 0.2) is 0 Å². The Balaban J connectivity index is 1.31. The van der Waals surface area contributed by atoms with Crippen molar-refractivity contribution in [1.29, 1.82) is 0 Å². The van der Waals surface area contributed by atoms with Crippen molar-refractivity contribution in [3.8, 4) is 11.5 Å². The summed E-state index contributed by atoms with van der Waals surface area (Å²) >= 11 is 0. The first-order valence-corrected chi connectivity index (χ1v) is 9.57. The Morgan fingerprint density at radius 1 is 1.37 bits per heavy atom. The number of fused-ring (bicyclic) bond motifs is 3. The summed E-state index contributed by atoms with van der Waals surface area (Å²) < 4.78 is 11.4. The summed E-state index contributed by atoms with van der Waals surface area (Å²) in [5.74, 6) is -1.45. The van der Waals surface area contributed by atoms with E-state index < -0.39 is 19.1 Å². The summed E-state index contributed by atoms with van der Waals surface area (Å²) in [6.45, 7) is 0.564. The molecule has 1 saturated heterocycles. The van der Waals surface area contributed by atoms with Crippen LogP contribution in [0.5, 0.6) is 11.5 Å². The quantitative estimate of drug-likeness (QED) is 0.406. The van der Waals surface area contributed by atoms with Gasteiger partial charge in [0.2, 0.25) is 5.91 Å². The number of likely N-dealkylation sites (tertiary alicyclic amines) is 1. The van der Waals surface area contributed by atoms with E-state index in [4.69, 9.17) is 15.1 Å². The maximum atomic E-state index is 12.4. The van der Waals surface area contributed by atoms with Crippen molar-refractivity contribution in [3.63, 3.8) is 0 Å². The van der Waals surface area contributed by atoms with E-state index in [1.165, 1.54) is 11.2 Å². The first-order chi connectivity index (χ1) is 14.4. The van der Waals surface area contributed by atoms with Gasteiger partial charge in [-0.2, -0.15) is 0 Å². The lowest BCUT2D eigenvalue weighted by Crippen LogP contribution is -2.58. The summed E-state index contributed by atoms with van der Waals surface area (Å²) in [6.07, 6.45) is 6.41. The summed E-state index contributed by atoms with van der Waals surface area (Å²) in [5.41, 5.74) is 6.98. The molecule has 3 aliphatic rings. The molecule has 2 aromatic rings. The largest absolute Gasteiger partial charge is 0.535 e. The molecule has 0 saturated carbocycles. The minimum Gasteiger partial charge on any atom is -0.535 e. The van der Waals surface area contributed by atoms with Crippen molar-refractivity contribution < 1.29 is 29.1 Å². The van der Waals surface area contributed by atoms with Gasteiger partial charge in [-0.15, -0.1) is 0 Å². The number of amides is 1. The molecular weight excluding hydrogens is 391 g/mol. The van der Waals surface area contributed by atoms with Gasteiger partial charge in [-0.3, -0.25) is 4.79 Å². The van der Waals surface area contributed by atoms with E-state index in [0.29, 0.717) is 11.3 Å². The lowest BCUT2D eigenvalue weighted by atomic mass is 9.55. The van der Waals surface area contributed by atoms with Gasteiger partial charge >= 0.3 is 13.1 Å². The van der Waals surface area contributed by atoms with E-state index in [1.807, 2.05) is 12.2 Å². The van der Waals surface area contributed by atoms with Crippen molar-refractivity contribution in [1.82, 2.24) is 14.9 Å². The Kier molecular flexibility index (Phi) is 4.30. The number of hydrogen-bond acceptors (Lipinski definition) is 7. The maximum Gasteiger partial charge on any atom is 0.530 e. The van der Waals surface area contributed by atoms with Crippen LogP contribution in [0, 0.1) is 0 Å². The van der Waals surface area contributed by atoms with Crippen LogP contribution in [0.15, 0.2) is 36.8 Å². The average molecular weight is 410 g/mol. The zero-order valence-electron chi connectivity index (χ0n) is 15.8.